The van der Waals surface area contributed by atoms with Gasteiger partial charge in [-0.15, -0.1) is 0 Å². The molecule has 37 heavy (non-hydrogen) atoms. The topological polar surface area (TPSA) is 96.0 Å². The monoisotopic (exact) mass is 571 g/mol. The summed E-state index contributed by atoms with van der Waals surface area (Å²) in [4.78, 5) is 27.7. The van der Waals surface area contributed by atoms with E-state index in [4.69, 9.17) is 27.9 Å². The van der Waals surface area contributed by atoms with E-state index in [-0.39, 0.29) is 43.8 Å². The number of sulfonamides is 1. The van der Waals surface area contributed by atoms with Crippen LogP contribution in [-0.2, 0) is 26.2 Å². The maximum absolute atomic E-state index is 13.4. The van der Waals surface area contributed by atoms with Gasteiger partial charge < -0.3 is 15.0 Å². The lowest BCUT2D eigenvalue weighted by Crippen LogP contribution is -2.49. The van der Waals surface area contributed by atoms with Crippen molar-refractivity contribution in [2.75, 3.05) is 24.2 Å². The smallest absolute Gasteiger partial charge is 0.242 e. The van der Waals surface area contributed by atoms with E-state index >= 15 is 0 Å². The third-order valence-electron chi connectivity index (χ3n) is 6.05. The van der Waals surface area contributed by atoms with Crippen LogP contribution in [-0.4, -0.2) is 57.1 Å². The molecule has 0 fully saturated rings. The van der Waals surface area contributed by atoms with Crippen LogP contribution in [0.25, 0.3) is 0 Å². The lowest BCUT2D eigenvalue weighted by atomic mass is 10.1. The first-order valence-corrected chi connectivity index (χ1v) is 14.6. The zero-order valence-electron chi connectivity index (χ0n) is 21.8. The van der Waals surface area contributed by atoms with E-state index in [1.165, 1.54) is 16.3 Å². The van der Waals surface area contributed by atoms with E-state index in [9.17, 15) is 18.0 Å². The number of hydrogen-bond donors (Lipinski definition) is 1. The van der Waals surface area contributed by atoms with Gasteiger partial charge in [0.05, 0.1) is 19.1 Å². The fourth-order valence-electron chi connectivity index (χ4n) is 3.67. The van der Waals surface area contributed by atoms with Crippen molar-refractivity contribution in [3.63, 3.8) is 0 Å². The average molecular weight is 573 g/mol. The van der Waals surface area contributed by atoms with Crippen molar-refractivity contribution < 1.29 is 22.7 Å². The number of amides is 2. The summed E-state index contributed by atoms with van der Waals surface area (Å²) in [6, 6.07) is 10.9. The average Bonchev–Trinajstić information content (AvgIpc) is 2.85. The molecule has 0 heterocycles. The molecule has 0 aromatic heterocycles. The van der Waals surface area contributed by atoms with Crippen LogP contribution in [0, 0.1) is 0 Å². The Morgan fingerprint density at radius 2 is 1.70 bits per heavy atom. The van der Waals surface area contributed by atoms with Gasteiger partial charge in [0.2, 0.25) is 21.8 Å². The predicted molar refractivity (Wildman–Crippen MR) is 149 cm³/mol. The second kappa shape index (κ2) is 13.9. The molecular formula is C26H35Cl2N3O5S. The maximum Gasteiger partial charge on any atom is 0.242 e. The molecule has 0 aliphatic rings. The number of carbonyl (C=O) groups excluding carboxylic acids is 2. The number of ether oxygens (including phenoxy) is 1. The lowest BCUT2D eigenvalue weighted by Gasteiger charge is -2.30. The van der Waals surface area contributed by atoms with Gasteiger partial charge in [0.15, 0.2) is 0 Å². The summed E-state index contributed by atoms with van der Waals surface area (Å²) in [7, 11) is -2.11. The molecule has 2 aromatic rings. The highest BCUT2D eigenvalue weighted by molar-refractivity contribution is 7.92. The Balaban J connectivity index is 2.24. The number of rotatable bonds is 13. The lowest BCUT2D eigenvalue weighted by molar-refractivity contribution is -0.140. The molecule has 0 saturated carbocycles. The predicted octanol–water partition coefficient (Wildman–Crippen LogP) is 4.88. The standard InChI is InChI=1S/C26H35Cl2N3O5S/c1-6-18(2)29-26(33)19(3)30(17-22-23(27)12-8-13-24(22)28)25(32)14-9-15-31(37(5,34)35)20-10-7-11-21(16-20)36-4/h7-8,10-13,16,18-19H,6,9,14-15,17H2,1-5H3,(H,29,33). The van der Waals surface area contributed by atoms with Gasteiger partial charge in [0.1, 0.15) is 11.8 Å². The van der Waals surface area contributed by atoms with Gasteiger partial charge in [-0.3, -0.25) is 13.9 Å². The third-order valence-corrected chi connectivity index (χ3v) is 7.95. The Hall–Kier alpha value is -2.49. The first kappa shape index (κ1) is 30.7. The van der Waals surface area contributed by atoms with Gasteiger partial charge in [0.25, 0.3) is 0 Å². The summed E-state index contributed by atoms with van der Waals surface area (Å²) in [5, 5.41) is 3.69. The zero-order chi connectivity index (χ0) is 27.8. The number of benzene rings is 2. The normalized spacial score (nSPS) is 12.9. The second-order valence-corrected chi connectivity index (χ2v) is 11.6. The fraction of sp³-hybridized carbons (Fsp3) is 0.462. The Kier molecular flexibility index (Phi) is 11.5. The molecule has 2 unspecified atom stereocenters. The van der Waals surface area contributed by atoms with Crippen LogP contribution in [0.1, 0.15) is 45.6 Å². The van der Waals surface area contributed by atoms with Crippen molar-refractivity contribution in [2.45, 2.75) is 58.7 Å². The number of hydrogen-bond acceptors (Lipinski definition) is 5. The molecule has 204 valence electrons. The summed E-state index contributed by atoms with van der Waals surface area (Å²) < 4.78 is 31.4. The fourth-order valence-corrected chi connectivity index (χ4v) is 5.15. The number of nitrogens with one attached hydrogen (secondary N) is 1. The van der Waals surface area contributed by atoms with E-state index in [0.29, 0.717) is 27.0 Å². The summed E-state index contributed by atoms with van der Waals surface area (Å²) in [6.07, 6.45) is 2.10. The minimum absolute atomic E-state index is 0.0129. The van der Waals surface area contributed by atoms with Crippen LogP contribution < -0.4 is 14.4 Å². The van der Waals surface area contributed by atoms with Gasteiger partial charge in [-0.2, -0.15) is 0 Å². The van der Waals surface area contributed by atoms with Crippen molar-refractivity contribution in [1.29, 1.82) is 0 Å². The molecule has 0 aliphatic heterocycles. The Bertz CT molecular complexity index is 1170. The van der Waals surface area contributed by atoms with Crippen molar-refractivity contribution in [2.24, 2.45) is 0 Å². The maximum atomic E-state index is 13.4. The summed E-state index contributed by atoms with van der Waals surface area (Å²) in [5.74, 6) is -0.0898. The van der Waals surface area contributed by atoms with Crippen LogP contribution in [0.2, 0.25) is 10.0 Å². The third kappa shape index (κ3) is 8.79. The van der Waals surface area contributed by atoms with Crippen LogP contribution in [0.3, 0.4) is 0 Å². The first-order chi connectivity index (χ1) is 17.4. The highest BCUT2D eigenvalue weighted by Crippen LogP contribution is 2.27. The zero-order valence-corrected chi connectivity index (χ0v) is 24.2. The van der Waals surface area contributed by atoms with Crippen molar-refractivity contribution in [3.05, 3.63) is 58.1 Å². The molecule has 2 amide bonds. The molecule has 0 bridgehead atoms. The summed E-state index contributed by atoms with van der Waals surface area (Å²) in [5.41, 5.74) is 0.979. The number of halogens is 2. The Labute approximate surface area is 229 Å². The molecule has 8 nitrogen and oxygen atoms in total. The van der Waals surface area contributed by atoms with Crippen LogP contribution in [0.5, 0.6) is 5.75 Å². The van der Waals surface area contributed by atoms with Crippen LogP contribution >= 0.6 is 23.2 Å². The Morgan fingerprint density at radius 1 is 1.08 bits per heavy atom. The van der Waals surface area contributed by atoms with E-state index in [1.807, 2.05) is 13.8 Å². The minimum atomic E-state index is -3.61. The molecule has 0 spiro atoms. The van der Waals surface area contributed by atoms with Gasteiger partial charge in [0, 0.05) is 47.2 Å². The van der Waals surface area contributed by atoms with Crippen LogP contribution in [0.15, 0.2) is 42.5 Å². The molecule has 2 rings (SSSR count). The first-order valence-electron chi connectivity index (χ1n) is 12.0. The molecule has 11 heteroatoms. The van der Waals surface area contributed by atoms with E-state index in [0.717, 1.165) is 12.7 Å². The van der Waals surface area contributed by atoms with E-state index < -0.39 is 16.1 Å². The second-order valence-electron chi connectivity index (χ2n) is 8.86. The molecule has 0 aliphatic carbocycles. The van der Waals surface area contributed by atoms with Gasteiger partial charge in [-0.05, 0) is 51.0 Å². The number of anilines is 1. The number of carbonyl (C=O) groups is 2. The SMILES string of the molecule is CCC(C)NC(=O)C(C)N(Cc1c(Cl)cccc1Cl)C(=O)CCCN(c1cccc(OC)c1)S(C)(=O)=O. The number of methoxy groups -OCH3 is 1. The highest BCUT2D eigenvalue weighted by Gasteiger charge is 2.28. The molecule has 0 radical (unpaired) electrons. The molecule has 0 saturated heterocycles. The van der Waals surface area contributed by atoms with Crippen LogP contribution in [0.4, 0.5) is 5.69 Å². The van der Waals surface area contributed by atoms with Gasteiger partial charge >= 0.3 is 0 Å². The summed E-state index contributed by atoms with van der Waals surface area (Å²) >= 11 is 12.7. The molecular weight excluding hydrogens is 537 g/mol. The highest BCUT2D eigenvalue weighted by atomic mass is 35.5. The van der Waals surface area contributed by atoms with Gasteiger partial charge in [-0.1, -0.05) is 42.3 Å². The van der Waals surface area contributed by atoms with Crippen molar-refractivity contribution in [1.82, 2.24) is 10.2 Å². The van der Waals surface area contributed by atoms with Crippen molar-refractivity contribution in [3.8, 4) is 5.75 Å². The Morgan fingerprint density at radius 3 is 2.27 bits per heavy atom. The van der Waals surface area contributed by atoms with E-state index in [1.54, 1.807) is 49.4 Å². The summed E-state index contributed by atoms with van der Waals surface area (Å²) in [6.45, 7) is 5.61. The van der Waals surface area contributed by atoms with Gasteiger partial charge in [-0.25, -0.2) is 8.42 Å². The molecule has 1 N–H and O–H groups in total. The van der Waals surface area contributed by atoms with Crippen molar-refractivity contribution >= 4 is 50.7 Å². The minimum Gasteiger partial charge on any atom is -0.497 e. The quantitative estimate of drug-likeness (QED) is 0.369. The molecule has 2 aromatic carbocycles. The van der Waals surface area contributed by atoms with E-state index in [2.05, 4.69) is 5.32 Å². The largest absolute Gasteiger partial charge is 0.497 e. The number of nitrogens with zero attached hydrogens (tertiary/aromatic N) is 2. The molecule has 2 atom stereocenters.